The Labute approximate surface area is 99.5 Å². The Morgan fingerprint density at radius 1 is 1.47 bits per heavy atom. The van der Waals surface area contributed by atoms with Crippen LogP contribution in [0.2, 0.25) is 0 Å². The van der Waals surface area contributed by atoms with Crippen LogP contribution in [-0.4, -0.2) is 34.7 Å². The van der Waals surface area contributed by atoms with Crippen LogP contribution in [0.1, 0.15) is 21.6 Å². The van der Waals surface area contributed by atoms with Crippen LogP contribution >= 0.6 is 0 Å². The van der Waals surface area contributed by atoms with Crippen molar-refractivity contribution in [2.24, 2.45) is 5.92 Å². The summed E-state index contributed by atoms with van der Waals surface area (Å²) in [6.45, 7) is 0.782. The first-order valence-electron chi connectivity index (χ1n) is 5.02. The molecule has 2 rings (SSSR count). The summed E-state index contributed by atoms with van der Waals surface area (Å²) in [5.74, 6) is -0.465. The predicted octanol–water partition coefficient (Wildman–Crippen LogP) is 0.365. The number of ether oxygens (including phenoxy) is 2. The van der Waals surface area contributed by atoms with Gasteiger partial charge in [-0.25, -0.2) is 13.2 Å². The minimum atomic E-state index is -2.67. The van der Waals surface area contributed by atoms with E-state index in [2.05, 4.69) is 4.74 Å². The third-order valence-corrected chi connectivity index (χ3v) is 3.77. The Morgan fingerprint density at radius 3 is 2.65 bits per heavy atom. The number of rotatable bonds is 4. The van der Waals surface area contributed by atoms with Gasteiger partial charge in [0.15, 0.2) is 10.7 Å². The molecule has 1 aliphatic heterocycles. The summed E-state index contributed by atoms with van der Waals surface area (Å²) in [7, 11) is -1.44. The number of carbonyl (C=O) groups excluding carboxylic acids is 1. The van der Waals surface area contributed by atoms with E-state index in [4.69, 9.17) is 9.15 Å². The Bertz CT molecular complexity index is 477. The van der Waals surface area contributed by atoms with Crippen molar-refractivity contribution in [1.29, 1.82) is 0 Å². The topological polar surface area (TPSA) is 82.8 Å². The van der Waals surface area contributed by atoms with E-state index in [1.54, 1.807) is 0 Å². The van der Waals surface area contributed by atoms with Crippen molar-refractivity contribution < 1.29 is 27.1 Å². The fraction of sp³-hybridized carbons (Fsp3) is 0.500. The lowest BCUT2D eigenvalue weighted by atomic mass is 10.0. The number of methoxy groups -OCH3 is 1. The molecule has 94 valence electrons. The van der Waals surface area contributed by atoms with Crippen LogP contribution in [-0.2, 0) is 20.2 Å². The van der Waals surface area contributed by atoms with Gasteiger partial charge in [0.25, 0.3) is 0 Å². The number of carbonyl (C=O) groups is 1. The van der Waals surface area contributed by atoms with Crippen molar-refractivity contribution in [2.75, 3.05) is 20.3 Å². The second-order valence-electron chi connectivity index (χ2n) is 3.72. The fourth-order valence-electron chi connectivity index (χ4n) is 1.67. The van der Waals surface area contributed by atoms with E-state index in [0.717, 1.165) is 0 Å². The van der Waals surface area contributed by atoms with E-state index < -0.39 is 21.9 Å². The molecule has 1 aliphatic rings. The molecule has 0 aliphatic carbocycles. The van der Waals surface area contributed by atoms with Crippen LogP contribution in [0.15, 0.2) is 16.5 Å². The highest BCUT2D eigenvalue weighted by atomic mass is 32.2. The van der Waals surface area contributed by atoms with Crippen molar-refractivity contribution in [3.63, 3.8) is 0 Å². The molecule has 0 amide bonds. The summed E-state index contributed by atoms with van der Waals surface area (Å²) < 4.78 is 37.0. The SMILES string of the molecule is COC(=O)c1ccc(C(C2COC2)[SH](=O)=O)o1. The molecular formula is C10H12O6S. The average Bonchev–Trinajstić information content (AvgIpc) is 2.70. The minimum absolute atomic E-state index is 0.00425. The average molecular weight is 260 g/mol. The standard InChI is InChI=1S/C10H12O6S/c1-14-10(11)8-3-2-7(16-8)9(17(12)13)6-4-15-5-6/h2-3,6,9,17H,4-5H2,1H3. The van der Waals surface area contributed by atoms with E-state index in [9.17, 15) is 13.2 Å². The van der Waals surface area contributed by atoms with Gasteiger partial charge in [0.1, 0.15) is 11.0 Å². The van der Waals surface area contributed by atoms with E-state index in [0.29, 0.717) is 13.2 Å². The van der Waals surface area contributed by atoms with E-state index in [1.807, 2.05) is 0 Å². The van der Waals surface area contributed by atoms with Gasteiger partial charge >= 0.3 is 5.97 Å². The van der Waals surface area contributed by atoms with E-state index in [-0.39, 0.29) is 17.4 Å². The quantitative estimate of drug-likeness (QED) is 0.622. The molecular weight excluding hydrogens is 248 g/mol. The van der Waals surface area contributed by atoms with E-state index >= 15 is 0 Å². The van der Waals surface area contributed by atoms with Crippen molar-refractivity contribution >= 4 is 16.7 Å². The smallest absolute Gasteiger partial charge is 0.373 e. The minimum Gasteiger partial charge on any atom is -0.463 e. The van der Waals surface area contributed by atoms with Gasteiger partial charge in [0.05, 0.1) is 20.3 Å². The zero-order valence-corrected chi connectivity index (χ0v) is 10.0. The van der Waals surface area contributed by atoms with Crippen LogP contribution in [0.5, 0.6) is 0 Å². The molecule has 0 aromatic carbocycles. The zero-order valence-electron chi connectivity index (χ0n) is 9.12. The van der Waals surface area contributed by atoms with Gasteiger partial charge in [-0.2, -0.15) is 0 Å². The maximum absolute atomic E-state index is 11.2. The fourth-order valence-corrected chi connectivity index (χ4v) is 2.53. The monoisotopic (exact) mass is 260 g/mol. The van der Waals surface area contributed by atoms with Crippen LogP contribution in [0, 0.1) is 5.92 Å². The molecule has 1 aromatic rings. The van der Waals surface area contributed by atoms with Gasteiger partial charge < -0.3 is 13.9 Å². The van der Waals surface area contributed by atoms with Crippen molar-refractivity contribution in [1.82, 2.24) is 0 Å². The molecule has 0 spiro atoms. The van der Waals surface area contributed by atoms with Crippen LogP contribution in [0.3, 0.4) is 0 Å². The summed E-state index contributed by atoms with van der Waals surface area (Å²) in [4.78, 5) is 11.2. The highest BCUT2D eigenvalue weighted by molar-refractivity contribution is 7.72. The molecule has 0 radical (unpaired) electrons. The molecule has 1 aromatic heterocycles. The number of esters is 1. The molecule has 0 bridgehead atoms. The molecule has 6 nitrogen and oxygen atoms in total. The molecule has 0 saturated carbocycles. The lowest BCUT2D eigenvalue weighted by Gasteiger charge is -2.29. The van der Waals surface area contributed by atoms with Gasteiger partial charge in [-0.05, 0) is 12.1 Å². The first kappa shape index (κ1) is 12.1. The molecule has 1 unspecified atom stereocenters. The number of furan rings is 1. The van der Waals surface area contributed by atoms with Gasteiger partial charge in [-0.3, -0.25) is 0 Å². The van der Waals surface area contributed by atoms with Crippen molar-refractivity contribution in [3.8, 4) is 0 Å². The Morgan fingerprint density at radius 2 is 2.18 bits per heavy atom. The van der Waals surface area contributed by atoms with Crippen LogP contribution in [0.4, 0.5) is 0 Å². The van der Waals surface area contributed by atoms with Gasteiger partial charge in [-0.1, -0.05) is 0 Å². The Balaban J connectivity index is 2.24. The molecule has 1 saturated heterocycles. The number of hydrogen-bond donors (Lipinski definition) is 1. The summed E-state index contributed by atoms with van der Waals surface area (Å²) in [5.41, 5.74) is 0. The second kappa shape index (κ2) is 4.89. The molecule has 1 fully saturated rings. The maximum Gasteiger partial charge on any atom is 0.373 e. The van der Waals surface area contributed by atoms with Gasteiger partial charge in [0.2, 0.25) is 5.76 Å². The van der Waals surface area contributed by atoms with Gasteiger partial charge in [-0.15, -0.1) is 0 Å². The highest BCUT2D eigenvalue weighted by Gasteiger charge is 2.34. The molecule has 7 heteroatoms. The highest BCUT2D eigenvalue weighted by Crippen LogP contribution is 2.32. The largest absolute Gasteiger partial charge is 0.463 e. The van der Waals surface area contributed by atoms with Crippen LogP contribution < -0.4 is 0 Å². The summed E-state index contributed by atoms with van der Waals surface area (Å²) in [5, 5.41) is -0.739. The third kappa shape index (κ3) is 2.34. The summed E-state index contributed by atoms with van der Waals surface area (Å²) in [6.07, 6.45) is 0. The second-order valence-corrected chi connectivity index (χ2v) is 4.85. The van der Waals surface area contributed by atoms with Crippen LogP contribution in [0.25, 0.3) is 0 Å². The zero-order chi connectivity index (χ0) is 12.4. The Kier molecular flexibility index (Phi) is 3.49. The first-order valence-corrected chi connectivity index (χ1v) is 6.27. The maximum atomic E-state index is 11.2. The summed E-state index contributed by atoms with van der Waals surface area (Å²) in [6, 6.07) is 2.90. The normalized spacial score (nSPS) is 17.8. The molecule has 17 heavy (non-hydrogen) atoms. The van der Waals surface area contributed by atoms with Crippen molar-refractivity contribution in [2.45, 2.75) is 5.25 Å². The molecule has 2 heterocycles. The lowest BCUT2D eigenvalue weighted by molar-refractivity contribution is -0.0357. The third-order valence-electron chi connectivity index (χ3n) is 2.64. The van der Waals surface area contributed by atoms with Crippen molar-refractivity contribution in [3.05, 3.63) is 23.7 Å². The number of thiol groups is 1. The first-order chi connectivity index (χ1) is 8.13. The number of hydrogen-bond acceptors (Lipinski definition) is 6. The molecule has 1 atom stereocenters. The van der Waals surface area contributed by atoms with Gasteiger partial charge in [0, 0.05) is 5.92 Å². The van der Waals surface area contributed by atoms with E-state index in [1.165, 1.54) is 19.2 Å². The predicted molar refractivity (Wildman–Crippen MR) is 57.4 cm³/mol. The lowest BCUT2D eigenvalue weighted by Crippen LogP contribution is -2.33. The molecule has 0 N–H and O–H groups in total. The summed E-state index contributed by atoms with van der Waals surface area (Å²) >= 11 is 0. The Hall–Kier alpha value is -1.34.